The molecule has 0 amide bonds. The highest BCUT2D eigenvalue weighted by Gasteiger charge is 2.31. The number of aliphatic hydroxyl groups excluding tert-OH is 1. The Balaban J connectivity index is 2.09. The summed E-state index contributed by atoms with van der Waals surface area (Å²) in [6.07, 6.45) is 5.68. The topological polar surface area (TPSA) is 57.2 Å². The molecule has 112 valence electrons. The van der Waals surface area contributed by atoms with Gasteiger partial charge in [0, 0.05) is 19.0 Å². The van der Waals surface area contributed by atoms with Gasteiger partial charge < -0.3 is 15.7 Å². The maximum absolute atomic E-state index is 9.71. The lowest BCUT2D eigenvalue weighted by atomic mass is 9.74. The van der Waals surface area contributed by atoms with E-state index in [9.17, 15) is 5.11 Å². The van der Waals surface area contributed by atoms with Gasteiger partial charge in [0.25, 0.3) is 0 Å². The zero-order chi connectivity index (χ0) is 14.6. The van der Waals surface area contributed by atoms with Crippen molar-refractivity contribution in [1.29, 1.82) is 0 Å². The number of hydrogen-bond donors (Lipinski definition) is 3. The molecule has 1 heterocycles. The maximum atomic E-state index is 9.71. The van der Waals surface area contributed by atoms with E-state index in [1.54, 1.807) is 13.1 Å². The van der Waals surface area contributed by atoms with Gasteiger partial charge in [-0.1, -0.05) is 42.5 Å². The van der Waals surface area contributed by atoms with E-state index in [-0.39, 0.29) is 12.0 Å². The zero-order valence-electron chi connectivity index (χ0n) is 11.7. The minimum Gasteiger partial charge on any atom is -0.396 e. The molecule has 1 aromatic heterocycles. The monoisotopic (exact) mass is 317 g/mol. The van der Waals surface area contributed by atoms with Crippen molar-refractivity contribution in [3.63, 3.8) is 0 Å². The first-order valence-corrected chi connectivity index (χ1v) is 7.74. The van der Waals surface area contributed by atoms with Crippen LogP contribution in [0.4, 0.5) is 11.6 Å². The number of aromatic nitrogens is 1. The van der Waals surface area contributed by atoms with Crippen LogP contribution in [0.25, 0.3) is 0 Å². The lowest BCUT2D eigenvalue weighted by Gasteiger charge is -2.35. The molecule has 6 heteroatoms. The van der Waals surface area contributed by atoms with Crippen molar-refractivity contribution < 1.29 is 5.11 Å². The molecule has 4 nitrogen and oxygen atoms in total. The normalized spacial score (nSPS) is 17.8. The zero-order valence-corrected chi connectivity index (χ0v) is 13.2. The average molecular weight is 318 g/mol. The first-order valence-electron chi connectivity index (χ1n) is 6.99. The van der Waals surface area contributed by atoms with Crippen LogP contribution in [0.2, 0.25) is 10.0 Å². The summed E-state index contributed by atoms with van der Waals surface area (Å²) < 4.78 is 0. The third-order valence-electron chi connectivity index (χ3n) is 4.05. The molecule has 0 radical (unpaired) electrons. The Morgan fingerprint density at radius 3 is 2.45 bits per heavy atom. The van der Waals surface area contributed by atoms with Gasteiger partial charge in [-0.2, -0.15) is 0 Å². The lowest BCUT2D eigenvalue weighted by Crippen LogP contribution is -2.35. The highest BCUT2D eigenvalue weighted by molar-refractivity contribution is 6.37. The molecule has 0 aliphatic heterocycles. The first-order chi connectivity index (χ1) is 9.60. The molecule has 0 atom stereocenters. The predicted molar refractivity (Wildman–Crippen MR) is 84.9 cm³/mol. The summed E-state index contributed by atoms with van der Waals surface area (Å²) in [7, 11) is 1.77. The highest BCUT2D eigenvalue weighted by Crippen LogP contribution is 2.37. The fourth-order valence-corrected chi connectivity index (χ4v) is 3.25. The Morgan fingerprint density at radius 2 is 1.85 bits per heavy atom. The van der Waals surface area contributed by atoms with Crippen molar-refractivity contribution in [3.8, 4) is 0 Å². The number of rotatable bonds is 5. The van der Waals surface area contributed by atoms with Crippen molar-refractivity contribution in [2.45, 2.75) is 32.1 Å². The molecule has 0 aromatic carbocycles. The molecule has 0 bridgehead atoms. The van der Waals surface area contributed by atoms with Crippen molar-refractivity contribution in [2.24, 2.45) is 5.41 Å². The van der Waals surface area contributed by atoms with Crippen LogP contribution in [0.1, 0.15) is 32.1 Å². The van der Waals surface area contributed by atoms with E-state index in [2.05, 4.69) is 15.6 Å². The van der Waals surface area contributed by atoms with Crippen LogP contribution < -0.4 is 10.6 Å². The number of halogens is 2. The van der Waals surface area contributed by atoms with Gasteiger partial charge >= 0.3 is 0 Å². The molecule has 1 saturated carbocycles. The number of anilines is 2. The predicted octanol–water partition coefficient (Wildman–Crippen LogP) is 3.78. The molecule has 1 aliphatic rings. The summed E-state index contributed by atoms with van der Waals surface area (Å²) in [6, 6.07) is 1.68. The molecular formula is C14H21Cl2N3O. The number of aliphatic hydroxyl groups is 1. The van der Waals surface area contributed by atoms with Crippen LogP contribution in [-0.2, 0) is 0 Å². The fourth-order valence-electron chi connectivity index (χ4n) is 2.73. The summed E-state index contributed by atoms with van der Waals surface area (Å²) in [5, 5.41) is 16.9. The Bertz CT molecular complexity index is 462. The van der Waals surface area contributed by atoms with Gasteiger partial charge in [0.05, 0.1) is 16.7 Å². The SMILES string of the molecule is CNc1nc(NCC2(CO)CCCCC2)c(Cl)cc1Cl. The molecule has 3 N–H and O–H groups in total. The van der Waals surface area contributed by atoms with Gasteiger partial charge in [-0.25, -0.2) is 4.98 Å². The van der Waals surface area contributed by atoms with Gasteiger partial charge in [-0.15, -0.1) is 0 Å². The van der Waals surface area contributed by atoms with Crippen molar-refractivity contribution in [2.75, 3.05) is 30.8 Å². The van der Waals surface area contributed by atoms with Gasteiger partial charge in [-0.05, 0) is 18.9 Å². The molecule has 0 unspecified atom stereocenters. The second-order valence-corrected chi connectivity index (χ2v) is 6.29. The van der Waals surface area contributed by atoms with E-state index in [4.69, 9.17) is 23.2 Å². The number of hydrogen-bond acceptors (Lipinski definition) is 4. The highest BCUT2D eigenvalue weighted by atomic mass is 35.5. The minimum absolute atomic E-state index is 0.0529. The minimum atomic E-state index is -0.0529. The Kier molecular flexibility index (Phi) is 5.35. The Hall–Kier alpha value is -0.710. The van der Waals surface area contributed by atoms with Crippen LogP contribution in [-0.4, -0.2) is 30.3 Å². The summed E-state index contributed by atoms with van der Waals surface area (Å²) in [4.78, 5) is 4.37. The van der Waals surface area contributed by atoms with E-state index in [1.807, 2.05) is 0 Å². The van der Waals surface area contributed by atoms with Gasteiger partial charge in [0.15, 0.2) is 0 Å². The smallest absolute Gasteiger partial charge is 0.147 e. The quantitative estimate of drug-likeness (QED) is 0.773. The standard InChI is InChI=1S/C14H21Cl2N3O/c1-17-12-10(15)7-11(16)13(19-12)18-8-14(9-20)5-3-2-4-6-14/h7,20H,2-6,8-9H2,1H3,(H2,17,18,19). The lowest BCUT2D eigenvalue weighted by molar-refractivity contribution is 0.0943. The fraction of sp³-hybridized carbons (Fsp3) is 0.643. The molecule has 1 aliphatic carbocycles. The molecule has 20 heavy (non-hydrogen) atoms. The van der Waals surface area contributed by atoms with Crippen molar-refractivity contribution >= 4 is 34.8 Å². The molecule has 2 rings (SSSR count). The molecule has 0 spiro atoms. The van der Waals surface area contributed by atoms with Crippen LogP contribution in [0.3, 0.4) is 0 Å². The molecule has 0 saturated heterocycles. The first kappa shape index (κ1) is 15.7. The largest absolute Gasteiger partial charge is 0.396 e. The third-order valence-corrected chi connectivity index (χ3v) is 4.62. The second-order valence-electron chi connectivity index (χ2n) is 5.47. The number of nitrogens with zero attached hydrogens (tertiary/aromatic N) is 1. The number of pyridine rings is 1. The van der Waals surface area contributed by atoms with Crippen molar-refractivity contribution in [3.05, 3.63) is 16.1 Å². The van der Waals surface area contributed by atoms with Crippen LogP contribution in [0, 0.1) is 5.41 Å². The van der Waals surface area contributed by atoms with E-state index in [1.165, 1.54) is 19.3 Å². The van der Waals surface area contributed by atoms with Gasteiger partial charge in [0.2, 0.25) is 0 Å². The molecule has 1 fully saturated rings. The average Bonchev–Trinajstić information content (AvgIpc) is 2.47. The summed E-state index contributed by atoms with van der Waals surface area (Å²) in [6.45, 7) is 0.880. The van der Waals surface area contributed by atoms with Crippen LogP contribution >= 0.6 is 23.2 Å². The number of nitrogens with one attached hydrogen (secondary N) is 2. The van der Waals surface area contributed by atoms with E-state index >= 15 is 0 Å². The van der Waals surface area contributed by atoms with E-state index < -0.39 is 0 Å². The summed E-state index contributed by atoms with van der Waals surface area (Å²) in [5.74, 6) is 1.21. The van der Waals surface area contributed by atoms with Crippen LogP contribution in [0.5, 0.6) is 0 Å². The Morgan fingerprint density at radius 1 is 1.20 bits per heavy atom. The second kappa shape index (κ2) is 6.83. The van der Waals surface area contributed by atoms with Gasteiger partial charge in [-0.3, -0.25) is 0 Å². The maximum Gasteiger partial charge on any atom is 0.147 e. The summed E-state index contributed by atoms with van der Waals surface area (Å²) >= 11 is 12.2. The molecular weight excluding hydrogens is 297 g/mol. The third kappa shape index (κ3) is 3.48. The van der Waals surface area contributed by atoms with Gasteiger partial charge in [0.1, 0.15) is 11.6 Å². The Labute approximate surface area is 129 Å². The van der Waals surface area contributed by atoms with Crippen molar-refractivity contribution in [1.82, 2.24) is 4.98 Å². The van der Waals surface area contributed by atoms with E-state index in [0.717, 1.165) is 12.8 Å². The van der Waals surface area contributed by atoms with Crippen LogP contribution in [0.15, 0.2) is 6.07 Å². The summed E-state index contributed by atoms with van der Waals surface area (Å²) in [5.41, 5.74) is -0.0529. The molecule has 1 aromatic rings. The van der Waals surface area contributed by atoms with E-state index in [0.29, 0.717) is 28.2 Å².